The number of nitrogens with zero attached hydrogens (tertiary/aromatic N) is 3. The summed E-state index contributed by atoms with van der Waals surface area (Å²) in [5.41, 5.74) is -0.158. The van der Waals surface area contributed by atoms with E-state index in [-0.39, 0.29) is 29.5 Å². The van der Waals surface area contributed by atoms with Gasteiger partial charge in [-0.3, -0.25) is 19.7 Å². The maximum atomic E-state index is 12.5. The minimum atomic E-state index is -0.586. The van der Waals surface area contributed by atoms with Crippen molar-refractivity contribution in [3.63, 3.8) is 0 Å². The smallest absolute Gasteiger partial charge is 0.270 e. The molecule has 126 valence electrons. The quantitative estimate of drug-likeness (QED) is 0.560. The zero-order valence-electron chi connectivity index (χ0n) is 13.7. The number of hydrogen-bond donors (Lipinski definition) is 0. The molecule has 2 amide bonds. The molecule has 0 aliphatic carbocycles. The second kappa shape index (κ2) is 8.11. The van der Waals surface area contributed by atoms with Crippen molar-refractivity contribution in [3.8, 4) is 5.75 Å². The molecule has 8 nitrogen and oxygen atoms in total. The Kier molecular flexibility index (Phi) is 6.49. The highest BCUT2D eigenvalue weighted by molar-refractivity contribution is 5.99. The monoisotopic (exact) mass is 323 g/mol. The predicted molar refractivity (Wildman–Crippen MR) is 84.5 cm³/mol. The highest BCUT2D eigenvalue weighted by atomic mass is 16.6. The molecule has 0 atom stereocenters. The van der Waals surface area contributed by atoms with Crippen LogP contribution >= 0.6 is 0 Å². The average molecular weight is 323 g/mol. The van der Waals surface area contributed by atoms with Crippen LogP contribution < -0.4 is 4.74 Å². The van der Waals surface area contributed by atoms with Crippen LogP contribution in [0, 0.1) is 10.1 Å². The van der Waals surface area contributed by atoms with Gasteiger partial charge in [-0.05, 0) is 19.9 Å². The Hall–Kier alpha value is -2.64. The third-order valence-corrected chi connectivity index (χ3v) is 3.46. The summed E-state index contributed by atoms with van der Waals surface area (Å²) in [4.78, 5) is 37.7. The van der Waals surface area contributed by atoms with E-state index in [1.807, 2.05) is 13.8 Å². The van der Waals surface area contributed by atoms with Crippen molar-refractivity contribution < 1.29 is 19.2 Å². The number of likely N-dealkylation sites (N-methyl/N-ethyl adjacent to an activating group) is 2. The Bertz CT molecular complexity index is 599. The summed E-state index contributed by atoms with van der Waals surface area (Å²) in [5.74, 6) is -0.468. The first kappa shape index (κ1) is 18.4. The summed E-state index contributed by atoms with van der Waals surface area (Å²) >= 11 is 0. The van der Waals surface area contributed by atoms with Crippen molar-refractivity contribution >= 4 is 17.5 Å². The van der Waals surface area contributed by atoms with Gasteiger partial charge >= 0.3 is 0 Å². The molecule has 0 bridgehead atoms. The number of carbonyl (C=O) groups is 2. The molecule has 23 heavy (non-hydrogen) atoms. The maximum absolute atomic E-state index is 12.5. The van der Waals surface area contributed by atoms with Crippen LogP contribution in [0.3, 0.4) is 0 Å². The topological polar surface area (TPSA) is 93.0 Å². The van der Waals surface area contributed by atoms with E-state index >= 15 is 0 Å². The zero-order chi connectivity index (χ0) is 17.6. The number of benzene rings is 1. The number of nitro benzene ring substituents is 1. The average Bonchev–Trinajstić information content (AvgIpc) is 2.54. The lowest BCUT2D eigenvalue weighted by atomic mass is 10.1. The molecule has 0 heterocycles. The van der Waals surface area contributed by atoms with E-state index in [0.29, 0.717) is 13.1 Å². The fourth-order valence-corrected chi connectivity index (χ4v) is 2.13. The molecule has 0 unspecified atom stereocenters. The van der Waals surface area contributed by atoms with Crippen molar-refractivity contribution in [3.05, 3.63) is 33.9 Å². The highest BCUT2D eigenvalue weighted by Crippen LogP contribution is 2.25. The second-order valence-corrected chi connectivity index (χ2v) is 4.87. The Balaban J connectivity index is 3.01. The number of hydrogen-bond acceptors (Lipinski definition) is 5. The molecule has 1 rings (SSSR count). The number of rotatable bonds is 7. The summed E-state index contributed by atoms with van der Waals surface area (Å²) in [5, 5.41) is 10.9. The molecule has 0 N–H and O–H groups in total. The molecule has 0 fully saturated rings. The Morgan fingerprint density at radius 2 is 1.87 bits per heavy atom. The van der Waals surface area contributed by atoms with E-state index in [4.69, 9.17) is 4.74 Å². The number of ether oxygens (including phenoxy) is 1. The van der Waals surface area contributed by atoms with Crippen LogP contribution in [0.15, 0.2) is 18.2 Å². The molecular formula is C15H21N3O5. The first-order valence-electron chi connectivity index (χ1n) is 7.21. The van der Waals surface area contributed by atoms with Crippen LogP contribution in [-0.2, 0) is 4.79 Å². The minimum absolute atomic E-state index is 0.0524. The van der Waals surface area contributed by atoms with Gasteiger partial charge in [0.25, 0.3) is 11.6 Å². The number of amides is 2. The lowest BCUT2D eigenvalue weighted by Gasteiger charge is -2.23. The summed E-state index contributed by atoms with van der Waals surface area (Å²) in [6.07, 6.45) is 0. The Labute approximate surface area is 134 Å². The normalized spacial score (nSPS) is 10.1. The van der Waals surface area contributed by atoms with Gasteiger partial charge in [-0.25, -0.2) is 0 Å². The second-order valence-electron chi connectivity index (χ2n) is 4.87. The first-order chi connectivity index (χ1) is 10.8. The Morgan fingerprint density at radius 1 is 1.26 bits per heavy atom. The van der Waals surface area contributed by atoms with Gasteiger partial charge in [0.15, 0.2) is 0 Å². The fourth-order valence-electron chi connectivity index (χ4n) is 2.13. The lowest BCUT2D eigenvalue weighted by Crippen LogP contribution is -2.41. The van der Waals surface area contributed by atoms with Gasteiger partial charge in [-0.15, -0.1) is 0 Å². The minimum Gasteiger partial charge on any atom is -0.496 e. The standard InChI is InChI=1S/C15H21N3O5/c1-5-17(6-2)14(19)10-16(3)15(20)12-9-11(18(21)22)7-8-13(12)23-4/h7-9H,5-6,10H2,1-4H3. The highest BCUT2D eigenvalue weighted by Gasteiger charge is 2.23. The van der Waals surface area contributed by atoms with E-state index < -0.39 is 10.8 Å². The number of nitro groups is 1. The summed E-state index contributed by atoms with van der Waals surface area (Å²) in [7, 11) is 2.85. The molecule has 0 spiro atoms. The van der Waals surface area contributed by atoms with Gasteiger partial charge in [0.05, 0.1) is 24.1 Å². The van der Waals surface area contributed by atoms with E-state index in [9.17, 15) is 19.7 Å². The third-order valence-electron chi connectivity index (χ3n) is 3.46. The zero-order valence-corrected chi connectivity index (χ0v) is 13.7. The van der Waals surface area contributed by atoms with E-state index in [2.05, 4.69) is 0 Å². The number of carbonyl (C=O) groups excluding carboxylic acids is 2. The summed E-state index contributed by atoms with van der Waals surface area (Å²) in [6.45, 7) is 4.71. The van der Waals surface area contributed by atoms with Crippen molar-refractivity contribution in [1.29, 1.82) is 0 Å². The fraction of sp³-hybridized carbons (Fsp3) is 0.467. The predicted octanol–water partition coefficient (Wildman–Crippen LogP) is 1.54. The van der Waals surface area contributed by atoms with Crippen molar-refractivity contribution in [2.75, 3.05) is 33.8 Å². The van der Waals surface area contributed by atoms with Crippen LogP contribution in [0.4, 0.5) is 5.69 Å². The van der Waals surface area contributed by atoms with Crippen LogP contribution in [0.5, 0.6) is 5.75 Å². The lowest BCUT2D eigenvalue weighted by molar-refractivity contribution is -0.384. The third kappa shape index (κ3) is 4.41. The van der Waals surface area contributed by atoms with Crippen LogP contribution in [0.25, 0.3) is 0 Å². The molecular weight excluding hydrogens is 302 g/mol. The molecule has 1 aromatic carbocycles. The molecule has 0 aliphatic rings. The van der Waals surface area contributed by atoms with Crippen molar-refractivity contribution in [2.45, 2.75) is 13.8 Å². The van der Waals surface area contributed by atoms with E-state index in [1.54, 1.807) is 4.90 Å². The van der Waals surface area contributed by atoms with E-state index in [0.717, 1.165) is 6.07 Å². The maximum Gasteiger partial charge on any atom is 0.270 e. The van der Waals surface area contributed by atoms with Crippen LogP contribution in [0.2, 0.25) is 0 Å². The molecule has 0 radical (unpaired) electrons. The van der Waals surface area contributed by atoms with Gasteiger partial charge < -0.3 is 14.5 Å². The van der Waals surface area contributed by atoms with Gasteiger partial charge in [0.2, 0.25) is 5.91 Å². The Morgan fingerprint density at radius 3 is 2.35 bits per heavy atom. The van der Waals surface area contributed by atoms with Gasteiger partial charge in [0, 0.05) is 32.3 Å². The summed E-state index contributed by atoms with van der Waals surface area (Å²) < 4.78 is 5.08. The molecule has 0 saturated heterocycles. The number of non-ortho nitro benzene ring substituents is 1. The van der Waals surface area contributed by atoms with Crippen molar-refractivity contribution in [1.82, 2.24) is 9.80 Å². The molecule has 1 aromatic rings. The molecule has 8 heteroatoms. The summed E-state index contributed by atoms with van der Waals surface area (Å²) in [6, 6.07) is 3.78. The first-order valence-corrected chi connectivity index (χ1v) is 7.21. The van der Waals surface area contributed by atoms with Gasteiger partial charge in [-0.1, -0.05) is 0 Å². The molecule has 0 aromatic heterocycles. The van der Waals surface area contributed by atoms with Crippen LogP contribution in [0.1, 0.15) is 24.2 Å². The van der Waals surface area contributed by atoms with Gasteiger partial charge in [0.1, 0.15) is 5.75 Å². The van der Waals surface area contributed by atoms with Crippen LogP contribution in [-0.4, -0.2) is 60.3 Å². The van der Waals surface area contributed by atoms with Gasteiger partial charge in [-0.2, -0.15) is 0 Å². The van der Waals surface area contributed by atoms with E-state index in [1.165, 1.54) is 31.2 Å². The molecule has 0 saturated carbocycles. The number of methoxy groups -OCH3 is 1. The SMILES string of the molecule is CCN(CC)C(=O)CN(C)C(=O)c1cc([N+](=O)[O-])ccc1OC. The largest absolute Gasteiger partial charge is 0.496 e. The van der Waals surface area contributed by atoms with Crippen molar-refractivity contribution in [2.24, 2.45) is 0 Å². The molecule has 0 aliphatic heterocycles.